The molecule has 76 valence electrons. The largest absolute Gasteiger partial charge is 0.465 e. The van der Waals surface area contributed by atoms with E-state index in [1.54, 1.807) is 17.8 Å². The topological polar surface area (TPSA) is 71.8 Å². The van der Waals surface area contributed by atoms with Gasteiger partial charge < -0.3 is 9.94 Å². The van der Waals surface area contributed by atoms with Crippen LogP contribution in [0.5, 0.6) is 0 Å². The van der Waals surface area contributed by atoms with Gasteiger partial charge in [0.05, 0.1) is 24.0 Å². The number of carbonyl (C=O) groups is 1. The molecule has 0 radical (unpaired) electrons. The van der Waals surface area contributed by atoms with Crippen LogP contribution >= 0.6 is 11.3 Å². The number of esters is 1. The van der Waals surface area contributed by atoms with Gasteiger partial charge in [0.25, 0.3) is 0 Å². The van der Waals surface area contributed by atoms with Crippen LogP contribution in [-0.4, -0.2) is 29.0 Å². The first-order chi connectivity index (χ1) is 6.79. The van der Waals surface area contributed by atoms with Crippen molar-refractivity contribution in [3.05, 3.63) is 16.6 Å². The zero-order valence-corrected chi connectivity index (χ0v) is 8.40. The molecule has 14 heavy (non-hydrogen) atoms. The lowest BCUT2D eigenvalue weighted by molar-refractivity contribution is -0.143. The van der Waals surface area contributed by atoms with E-state index < -0.39 is 11.9 Å². The molecule has 1 N–H and O–H groups in total. The highest BCUT2D eigenvalue weighted by molar-refractivity contribution is 7.07. The van der Waals surface area contributed by atoms with Gasteiger partial charge in [-0.2, -0.15) is 0 Å². The normalized spacial score (nSPS) is 12.9. The zero-order chi connectivity index (χ0) is 10.4. The molecule has 0 saturated heterocycles. The first-order valence-electron chi connectivity index (χ1n) is 4.01. The molecule has 5 nitrogen and oxygen atoms in total. The van der Waals surface area contributed by atoms with Crippen LogP contribution in [0.2, 0.25) is 0 Å². The Hall–Kier alpha value is -1.43. The quantitative estimate of drug-likeness (QED) is 0.354. The SMILES string of the molecule is CCOC(=O)C(/C=N\O)c1cscn1. The summed E-state index contributed by atoms with van der Waals surface area (Å²) in [5.74, 6) is -1.18. The molecule has 1 unspecified atom stereocenters. The van der Waals surface area contributed by atoms with Crippen molar-refractivity contribution in [2.75, 3.05) is 6.61 Å². The van der Waals surface area contributed by atoms with E-state index in [-0.39, 0.29) is 0 Å². The average Bonchev–Trinajstić information content (AvgIpc) is 2.67. The summed E-state index contributed by atoms with van der Waals surface area (Å²) in [5, 5.41) is 12.9. The van der Waals surface area contributed by atoms with E-state index in [1.807, 2.05) is 0 Å². The summed E-state index contributed by atoms with van der Waals surface area (Å²) >= 11 is 1.37. The van der Waals surface area contributed by atoms with Gasteiger partial charge in [-0.05, 0) is 6.92 Å². The molecule has 1 heterocycles. The maximum Gasteiger partial charge on any atom is 0.320 e. The summed E-state index contributed by atoms with van der Waals surface area (Å²) < 4.78 is 4.80. The van der Waals surface area contributed by atoms with Crippen molar-refractivity contribution in [3.8, 4) is 0 Å². The number of nitrogens with zero attached hydrogens (tertiary/aromatic N) is 2. The van der Waals surface area contributed by atoms with Gasteiger partial charge in [-0.15, -0.1) is 16.5 Å². The van der Waals surface area contributed by atoms with Gasteiger partial charge in [0, 0.05) is 5.38 Å². The van der Waals surface area contributed by atoms with Crippen molar-refractivity contribution in [3.63, 3.8) is 0 Å². The Balaban J connectivity index is 2.79. The van der Waals surface area contributed by atoms with E-state index in [9.17, 15) is 4.79 Å². The predicted molar refractivity (Wildman–Crippen MR) is 51.8 cm³/mol. The average molecular weight is 214 g/mol. The fraction of sp³-hybridized carbons (Fsp3) is 0.375. The lowest BCUT2D eigenvalue weighted by Gasteiger charge is -2.07. The number of carbonyl (C=O) groups excluding carboxylic acids is 1. The molecule has 1 atom stereocenters. The van der Waals surface area contributed by atoms with Crippen molar-refractivity contribution in [1.29, 1.82) is 0 Å². The minimum Gasteiger partial charge on any atom is -0.465 e. The van der Waals surface area contributed by atoms with E-state index in [1.165, 1.54) is 11.3 Å². The number of ether oxygens (including phenoxy) is 1. The van der Waals surface area contributed by atoms with Crippen LogP contribution in [0.4, 0.5) is 0 Å². The van der Waals surface area contributed by atoms with Crippen LogP contribution in [0.3, 0.4) is 0 Å². The van der Waals surface area contributed by atoms with Gasteiger partial charge in [0.15, 0.2) is 0 Å². The summed E-state index contributed by atoms with van der Waals surface area (Å²) in [5.41, 5.74) is 2.14. The molecule has 1 aromatic rings. The number of hydrogen-bond donors (Lipinski definition) is 1. The van der Waals surface area contributed by atoms with E-state index in [4.69, 9.17) is 9.94 Å². The summed E-state index contributed by atoms with van der Waals surface area (Å²) in [6.45, 7) is 2.00. The number of aromatic nitrogens is 1. The van der Waals surface area contributed by atoms with Crippen LogP contribution in [0.25, 0.3) is 0 Å². The number of thiazole rings is 1. The third kappa shape index (κ3) is 2.53. The van der Waals surface area contributed by atoms with E-state index in [0.29, 0.717) is 12.3 Å². The lowest BCUT2D eigenvalue weighted by Crippen LogP contribution is -2.17. The van der Waals surface area contributed by atoms with Crippen molar-refractivity contribution in [2.45, 2.75) is 12.8 Å². The van der Waals surface area contributed by atoms with Gasteiger partial charge in [-0.3, -0.25) is 4.79 Å². The minimum absolute atomic E-state index is 0.290. The molecule has 6 heteroatoms. The fourth-order valence-electron chi connectivity index (χ4n) is 0.932. The molecule has 0 aliphatic rings. The zero-order valence-electron chi connectivity index (χ0n) is 7.58. The molecule has 0 fully saturated rings. The smallest absolute Gasteiger partial charge is 0.320 e. The maximum absolute atomic E-state index is 11.4. The molecular weight excluding hydrogens is 204 g/mol. The Labute approximate surface area is 85.0 Å². The number of hydrogen-bond acceptors (Lipinski definition) is 6. The highest BCUT2D eigenvalue weighted by Crippen LogP contribution is 2.15. The molecule has 0 bridgehead atoms. The van der Waals surface area contributed by atoms with Crippen LogP contribution < -0.4 is 0 Å². The molecular formula is C8H10N2O3S. The summed E-state index contributed by atoms with van der Waals surface area (Å²) in [4.78, 5) is 15.3. The molecule has 0 spiro atoms. The van der Waals surface area contributed by atoms with Crippen LogP contribution in [0.15, 0.2) is 16.0 Å². The Bertz CT molecular complexity index is 310. The number of rotatable bonds is 4. The second kappa shape index (κ2) is 5.33. The van der Waals surface area contributed by atoms with Crippen molar-refractivity contribution >= 4 is 23.5 Å². The van der Waals surface area contributed by atoms with Gasteiger partial charge in [-0.25, -0.2) is 4.98 Å². The molecule has 0 aromatic carbocycles. The molecule has 1 rings (SSSR count). The monoisotopic (exact) mass is 214 g/mol. The fourth-order valence-corrected chi connectivity index (χ4v) is 1.52. The predicted octanol–water partition coefficient (Wildman–Crippen LogP) is 1.25. The van der Waals surface area contributed by atoms with Crippen molar-refractivity contribution in [1.82, 2.24) is 4.98 Å². The van der Waals surface area contributed by atoms with E-state index in [0.717, 1.165) is 6.21 Å². The Morgan fingerprint density at radius 2 is 2.71 bits per heavy atom. The minimum atomic E-state index is -0.716. The number of oxime groups is 1. The maximum atomic E-state index is 11.4. The van der Waals surface area contributed by atoms with E-state index in [2.05, 4.69) is 10.1 Å². The third-order valence-corrected chi connectivity index (χ3v) is 2.13. The highest BCUT2D eigenvalue weighted by atomic mass is 32.1. The molecule has 0 saturated carbocycles. The molecule has 0 aliphatic heterocycles. The van der Waals surface area contributed by atoms with Crippen molar-refractivity contribution in [2.24, 2.45) is 5.16 Å². The van der Waals surface area contributed by atoms with Gasteiger partial charge in [-0.1, -0.05) is 0 Å². The van der Waals surface area contributed by atoms with Crippen LogP contribution in [0.1, 0.15) is 18.5 Å². The summed E-state index contributed by atoms with van der Waals surface area (Å²) in [6.07, 6.45) is 1.10. The summed E-state index contributed by atoms with van der Waals surface area (Å²) in [6, 6.07) is 0. The highest BCUT2D eigenvalue weighted by Gasteiger charge is 2.21. The van der Waals surface area contributed by atoms with Crippen LogP contribution in [-0.2, 0) is 9.53 Å². The molecule has 0 aliphatic carbocycles. The molecule has 1 aromatic heterocycles. The first kappa shape index (κ1) is 10.6. The lowest BCUT2D eigenvalue weighted by atomic mass is 10.1. The Kier molecular flexibility index (Phi) is 4.06. The van der Waals surface area contributed by atoms with Crippen molar-refractivity contribution < 1.29 is 14.7 Å². The van der Waals surface area contributed by atoms with Crippen LogP contribution in [0, 0.1) is 0 Å². The second-order valence-corrected chi connectivity index (χ2v) is 3.13. The van der Waals surface area contributed by atoms with E-state index >= 15 is 0 Å². The Morgan fingerprint density at radius 1 is 1.93 bits per heavy atom. The first-order valence-corrected chi connectivity index (χ1v) is 4.96. The standard InChI is InChI=1S/C8H10N2O3S/c1-2-13-8(11)6(3-10-12)7-4-14-5-9-7/h3-6,12H,2H2,1H3/b10-3-. The van der Waals surface area contributed by atoms with Gasteiger partial charge in [0.1, 0.15) is 5.92 Å². The Morgan fingerprint density at radius 3 is 3.21 bits per heavy atom. The summed E-state index contributed by atoms with van der Waals surface area (Å²) in [7, 11) is 0. The second-order valence-electron chi connectivity index (χ2n) is 2.41. The molecule has 0 amide bonds. The van der Waals surface area contributed by atoms with Gasteiger partial charge in [0.2, 0.25) is 0 Å². The van der Waals surface area contributed by atoms with Gasteiger partial charge >= 0.3 is 5.97 Å². The third-order valence-electron chi connectivity index (χ3n) is 1.53.